The SMILES string of the molecule is COC(=O)c1ccc(NC2=CC(=O)c3ncncc3C2=O)cc1. The van der Waals surface area contributed by atoms with Crippen molar-refractivity contribution >= 4 is 23.2 Å². The number of aromatic nitrogens is 2. The average Bonchev–Trinajstić information content (AvgIpc) is 2.59. The van der Waals surface area contributed by atoms with Gasteiger partial charge in [-0.15, -0.1) is 0 Å². The van der Waals surface area contributed by atoms with Gasteiger partial charge in [-0.2, -0.15) is 0 Å². The van der Waals surface area contributed by atoms with E-state index in [1.807, 2.05) is 0 Å². The first kappa shape index (κ1) is 14.6. The van der Waals surface area contributed by atoms with E-state index >= 15 is 0 Å². The van der Waals surface area contributed by atoms with Crippen molar-refractivity contribution in [2.75, 3.05) is 12.4 Å². The molecule has 1 aliphatic rings. The Morgan fingerprint density at radius 1 is 1.17 bits per heavy atom. The molecule has 0 fully saturated rings. The molecule has 0 unspecified atom stereocenters. The van der Waals surface area contributed by atoms with Gasteiger partial charge in [-0.3, -0.25) is 9.59 Å². The topological polar surface area (TPSA) is 98.2 Å². The number of nitrogens with one attached hydrogen (secondary N) is 1. The molecule has 1 N–H and O–H groups in total. The first-order chi connectivity index (χ1) is 11.1. The summed E-state index contributed by atoms with van der Waals surface area (Å²) in [6, 6.07) is 6.34. The number of anilines is 1. The van der Waals surface area contributed by atoms with Crippen LogP contribution in [0.5, 0.6) is 0 Å². The van der Waals surface area contributed by atoms with Crippen molar-refractivity contribution in [3.8, 4) is 0 Å². The summed E-state index contributed by atoms with van der Waals surface area (Å²) in [4.78, 5) is 43.3. The quantitative estimate of drug-likeness (QED) is 0.860. The van der Waals surface area contributed by atoms with Crippen LogP contribution in [0.1, 0.15) is 31.2 Å². The van der Waals surface area contributed by atoms with Gasteiger partial charge in [0.05, 0.1) is 23.9 Å². The molecule has 114 valence electrons. The highest BCUT2D eigenvalue weighted by atomic mass is 16.5. The second-order valence-electron chi connectivity index (χ2n) is 4.73. The normalized spacial score (nSPS) is 13.2. The third-order valence-corrected chi connectivity index (χ3v) is 3.30. The number of hydrogen-bond donors (Lipinski definition) is 1. The molecule has 7 nitrogen and oxygen atoms in total. The van der Waals surface area contributed by atoms with Crippen LogP contribution in [-0.4, -0.2) is 34.6 Å². The highest BCUT2D eigenvalue weighted by molar-refractivity contribution is 6.24. The third kappa shape index (κ3) is 2.71. The van der Waals surface area contributed by atoms with Crippen molar-refractivity contribution in [1.29, 1.82) is 0 Å². The van der Waals surface area contributed by atoms with E-state index in [0.717, 1.165) is 0 Å². The fourth-order valence-corrected chi connectivity index (χ4v) is 2.16. The predicted octanol–water partition coefficient (Wildman–Crippen LogP) is 1.64. The maximum Gasteiger partial charge on any atom is 0.337 e. The maximum atomic E-state index is 12.4. The molecule has 0 saturated carbocycles. The second kappa shape index (κ2) is 5.80. The minimum Gasteiger partial charge on any atom is -0.465 e. The lowest BCUT2D eigenvalue weighted by molar-refractivity contribution is 0.0600. The lowest BCUT2D eigenvalue weighted by Crippen LogP contribution is -2.22. The summed E-state index contributed by atoms with van der Waals surface area (Å²) >= 11 is 0. The first-order valence-electron chi connectivity index (χ1n) is 6.66. The zero-order chi connectivity index (χ0) is 16.4. The van der Waals surface area contributed by atoms with E-state index in [2.05, 4.69) is 20.0 Å². The molecule has 0 spiro atoms. The minimum absolute atomic E-state index is 0.0941. The van der Waals surface area contributed by atoms with E-state index < -0.39 is 5.97 Å². The van der Waals surface area contributed by atoms with Crippen LogP contribution in [0.4, 0.5) is 5.69 Å². The number of esters is 1. The number of allylic oxidation sites excluding steroid dienone is 2. The molecule has 2 aromatic rings. The Morgan fingerprint density at radius 2 is 1.91 bits per heavy atom. The molecule has 3 rings (SSSR count). The van der Waals surface area contributed by atoms with Crippen molar-refractivity contribution in [2.24, 2.45) is 0 Å². The van der Waals surface area contributed by atoms with Crippen LogP contribution in [0.3, 0.4) is 0 Å². The van der Waals surface area contributed by atoms with Crippen molar-refractivity contribution in [3.05, 3.63) is 65.4 Å². The van der Waals surface area contributed by atoms with Crippen LogP contribution in [-0.2, 0) is 4.74 Å². The van der Waals surface area contributed by atoms with E-state index in [0.29, 0.717) is 11.3 Å². The number of methoxy groups -OCH3 is 1. The fraction of sp³-hybridized carbons (Fsp3) is 0.0625. The number of hydrogen-bond acceptors (Lipinski definition) is 7. The van der Waals surface area contributed by atoms with E-state index in [4.69, 9.17) is 0 Å². The van der Waals surface area contributed by atoms with Gasteiger partial charge >= 0.3 is 5.97 Å². The van der Waals surface area contributed by atoms with Gasteiger partial charge in [0, 0.05) is 18.0 Å². The number of carbonyl (C=O) groups excluding carboxylic acids is 3. The van der Waals surface area contributed by atoms with Gasteiger partial charge in [0.15, 0.2) is 0 Å². The molecule has 1 aliphatic carbocycles. The summed E-state index contributed by atoms with van der Waals surface area (Å²) in [5.74, 6) is -1.18. The van der Waals surface area contributed by atoms with Crippen LogP contribution >= 0.6 is 0 Å². The van der Waals surface area contributed by atoms with Gasteiger partial charge in [0.25, 0.3) is 0 Å². The van der Waals surface area contributed by atoms with E-state index in [1.165, 1.54) is 25.7 Å². The van der Waals surface area contributed by atoms with Crippen molar-refractivity contribution < 1.29 is 19.1 Å². The molecule has 1 heterocycles. The van der Waals surface area contributed by atoms with E-state index in [-0.39, 0.29) is 28.5 Å². The lowest BCUT2D eigenvalue weighted by Gasteiger charge is -2.15. The number of fused-ring (bicyclic) bond motifs is 1. The summed E-state index contributed by atoms with van der Waals surface area (Å²) in [5.41, 5.74) is 1.33. The Bertz CT molecular complexity index is 841. The van der Waals surface area contributed by atoms with E-state index in [1.54, 1.807) is 24.3 Å². The number of benzene rings is 1. The smallest absolute Gasteiger partial charge is 0.337 e. The molecule has 7 heteroatoms. The predicted molar refractivity (Wildman–Crippen MR) is 80.2 cm³/mol. The summed E-state index contributed by atoms with van der Waals surface area (Å²) in [6.45, 7) is 0. The van der Waals surface area contributed by atoms with Crippen LogP contribution in [0, 0.1) is 0 Å². The molecular formula is C16H11N3O4. The fourth-order valence-electron chi connectivity index (χ4n) is 2.16. The second-order valence-corrected chi connectivity index (χ2v) is 4.73. The Balaban J connectivity index is 1.85. The van der Waals surface area contributed by atoms with Gasteiger partial charge < -0.3 is 10.1 Å². The van der Waals surface area contributed by atoms with Gasteiger partial charge in [-0.25, -0.2) is 14.8 Å². The lowest BCUT2D eigenvalue weighted by atomic mass is 9.98. The molecule has 0 aliphatic heterocycles. The standard InChI is InChI=1S/C16H11N3O4/c1-23-16(22)9-2-4-10(5-3-9)19-12-6-13(20)14-11(15(12)21)7-17-8-18-14/h2-8,19H,1H3. The maximum absolute atomic E-state index is 12.4. The number of carbonyl (C=O) groups is 3. The molecule has 1 aromatic heterocycles. The van der Waals surface area contributed by atoms with Crippen LogP contribution < -0.4 is 5.32 Å². The van der Waals surface area contributed by atoms with Gasteiger partial charge in [-0.1, -0.05) is 0 Å². The zero-order valence-electron chi connectivity index (χ0n) is 12.1. The van der Waals surface area contributed by atoms with Crippen molar-refractivity contribution in [3.63, 3.8) is 0 Å². The number of ketones is 2. The summed E-state index contributed by atoms with van der Waals surface area (Å²) in [7, 11) is 1.30. The van der Waals surface area contributed by atoms with Crippen LogP contribution in [0.25, 0.3) is 0 Å². The molecule has 0 radical (unpaired) electrons. The zero-order valence-corrected chi connectivity index (χ0v) is 12.1. The largest absolute Gasteiger partial charge is 0.465 e. The van der Waals surface area contributed by atoms with Crippen LogP contribution in [0.2, 0.25) is 0 Å². The first-order valence-corrected chi connectivity index (χ1v) is 6.66. The van der Waals surface area contributed by atoms with Crippen molar-refractivity contribution in [2.45, 2.75) is 0 Å². The molecule has 1 aromatic carbocycles. The van der Waals surface area contributed by atoms with Crippen molar-refractivity contribution in [1.82, 2.24) is 9.97 Å². The molecule has 0 atom stereocenters. The van der Waals surface area contributed by atoms with Gasteiger partial charge in [0.2, 0.25) is 11.6 Å². The molecule has 0 amide bonds. The molecule has 0 saturated heterocycles. The highest BCUT2D eigenvalue weighted by Crippen LogP contribution is 2.21. The van der Waals surface area contributed by atoms with E-state index in [9.17, 15) is 14.4 Å². The Hall–Kier alpha value is -3.35. The Morgan fingerprint density at radius 3 is 2.61 bits per heavy atom. The summed E-state index contributed by atoms with van der Waals surface area (Å²) in [5, 5.41) is 2.87. The van der Waals surface area contributed by atoms with Crippen LogP contribution in [0.15, 0.2) is 48.6 Å². The molecule has 23 heavy (non-hydrogen) atoms. The summed E-state index contributed by atoms with van der Waals surface area (Å²) in [6.07, 6.45) is 3.74. The molecule has 0 bridgehead atoms. The molecular weight excluding hydrogens is 298 g/mol. The van der Waals surface area contributed by atoms with Gasteiger partial charge in [-0.05, 0) is 24.3 Å². The third-order valence-electron chi connectivity index (χ3n) is 3.30. The minimum atomic E-state index is -0.453. The Kier molecular flexibility index (Phi) is 3.68. The number of ether oxygens (including phenoxy) is 1. The number of Topliss-reactive ketones (excluding diaryl/α,β-unsaturated/α-hetero) is 1. The Labute approximate surface area is 131 Å². The average molecular weight is 309 g/mol. The highest BCUT2D eigenvalue weighted by Gasteiger charge is 2.27. The number of nitrogens with zero attached hydrogens (tertiary/aromatic N) is 2. The monoisotopic (exact) mass is 309 g/mol. The number of rotatable bonds is 3. The van der Waals surface area contributed by atoms with Gasteiger partial charge in [0.1, 0.15) is 12.0 Å². The summed E-state index contributed by atoms with van der Waals surface area (Å²) < 4.78 is 4.61.